The molecule has 1 fully saturated rings. The number of nitrogen functional groups attached to an aromatic ring is 1. The third kappa shape index (κ3) is 4.61. The van der Waals surface area contributed by atoms with Crippen LogP contribution in [-0.4, -0.2) is 44.7 Å². The SMILES string of the molecule is Cc1ccc(O)c(-c2cc(C3CCN(CC(O)c4ccccc4)CC3)nc(N)n2)c1. The first kappa shape index (κ1) is 20.3. The van der Waals surface area contributed by atoms with Crippen molar-refractivity contribution >= 4 is 5.95 Å². The van der Waals surface area contributed by atoms with Gasteiger partial charge in [-0.2, -0.15) is 0 Å². The molecule has 0 aliphatic carbocycles. The maximum Gasteiger partial charge on any atom is 0.220 e. The van der Waals surface area contributed by atoms with E-state index in [2.05, 4.69) is 14.9 Å². The van der Waals surface area contributed by atoms with E-state index >= 15 is 0 Å². The van der Waals surface area contributed by atoms with Crippen LogP contribution in [0.5, 0.6) is 5.75 Å². The predicted octanol–water partition coefficient (Wildman–Crippen LogP) is 3.65. The second-order valence-corrected chi connectivity index (χ2v) is 8.06. The zero-order valence-corrected chi connectivity index (χ0v) is 17.2. The molecule has 0 saturated carbocycles. The number of aryl methyl sites for hydroxylation is 1. The Morgan fingerprint density at radius 1 is 1.07 bits per heavy atom. The predicted molar refractivity (Wildman–Crippen MR) is 118 cm³/mol. The molecule has 0 spiro atoms. The minimum atomic E-state index is -0.478. The van der Waals surface area contributed by atoms with Gasteiger partial charge < -0.3 is 20.8 Å². The van der Waals surface area contributed by atoms with Gasteiger partial charge in [0.15, 0.2) is 0 Å². The van der Waals surface area contributed by atoms with E-state index in [4.69, 9.17) is 5.73 Å². The average Bonchev–Trinajstić information content (AvgIpc) is 2.76. The average molecular weight is 405 g/mol. The lowest BCUT2D eigenvalue weighted by atomic mass is 9.92. The Kier molecular flexibility index (Phi) is 5.97. The van der Waals surface area contributed by atoms with Gasteiger partial charge in [-0.05, 0) is 56.6 Å². The Balaban J connectivity index is 1.45. The molecular weight excluding hydrogens is 376 g/mol. The third-order valence-electron chi connectivity index (χ3n) is 5.81. The lowest BCUT2D eigenvalue weighted by Crippen LogP contribution is -2.36. The molecule has 1 aliphatic rings. The number of aliphatic hydroxyl groups excluding tert-OH is 1. The second kappa shape index (κ2) is 8.81. The fourth-order valence-electron chi connectivity index (χ4n) is 4.12. The van der Waals surface area contributed by atoms with E-state index in [1.165, 1.54) is 0 Å². The van der Waals surface area contributed by atoms with Crippen LogP contribution in [0.15, 0.2) is 54.6 Å². The number of aliphatic hydroxyl groups is 1. The van der Waals surface area contributed by atoms with Crippen molar-refractivity contribution in [1.82, 2.24) is 14.9 Å². The third-order valence-corrected chi connectivity index (χ3v) is 5.81. The molecule has 4 rings (SSSR count). The topological polar surface area (TPSA) is 95.5 Å². The van der Waals surface area contributed by atoms with E-state index in [1.54, 1.807) is 6.07 Å². The number of anilines is 1. The molecule has 2 heterocycles. The van der Waals surface area contributed by atoms with Gasteiger partial charge in [0.1, 0.15) is 5.75 Å². The van der Waals surface area contributed by atoms with E-state index in [-0.39, 0.29) is 17.6 Å². The Morgan fingerprint density at radius 3 is 2.53 bits per heavy atom. The number of piperidine rings is 1. The summed E-state index contributed by atoms with van der Waals surface area (Å²) in [5.74, 6) is 0.700. The molecule has 1 aliphatic heterocycles. The van der Waals surface area contributed by atoms with Crippen molar-refractivity contribution in [2.45, 2.75) is 31.8 Å². The number of nitrogens with zero attached hydrogens (tertiary/aromatic N) is 3. The molecule has 0 amide bonds. The smallest absolute Gasteiger partial charge is 0.220 e. The first-order chi connectivity index (χ1) is 14.5. The molecule has 1 unspecified atom stereocenters. The maximum atomic E-state index is 10.5. The van der Waals surface area contributed by atoms with Crippen molar-refractivity contribution in [3.63, 3.8) is 0 Å². The summed E-state index contributed by atoms with van der Waals surface area (Å²) in [6.07, 6.45) is 1.40. The standard InChI is InChI=1S/C24H28N4O2/c1-16-7-8-22(29)19(13-16)21-14-20(26-24(25)27-21)17-9-11-28(12-10-17)15-23(30)18-5-3-2-4-6-18/h2-8,13-14,17,23,29-30H,9-12,15H2,1H3,(H2,25,26,27). The number of phenols is 1. The number of nitrogens with two attached hydrogens (primary N) is 1. The fraction of sp³-hybridized carbons (Fsp3) is 0.333. The van der Waals surface area contributed by atoms with Gasteiger partial charge in [-0.1, -0.05) is 42.0 Å². The van der Waals surface area contributed by atoms with Crippen LogP contribution in [0.4, 0.5) is 5.95 Å². The molecule has 1 saturated heterocycles. The summed E-state index contributed by atoms with van der Waals surface area (Å²) in [7, 11) is 0. The highest BCUT2D eigenvalue weighted by atomic mass is 16.3. The Bertz CT molecular complexity index is 1000. The minimum absolute atomic E-state index is 0.189. The van der Waals surface area contributed by atoms with Gasteiger partial charge in [0.25, 0.3) is 0 Å². The van der Waals surface area contributed by atoms with Crippen molar-refractivity contribution in [1.29, 1.82) is 0 Å². The zero-order valence-electron chi connectivity index (χ0n) is 17.2. The van der Waals surface area contributed by atoms with Crippen molar-refractivity contribution in [3.8, 4) is 17.0 Å². The zero-order chi connectivity index (χ0) is 21.1. The Morgan fingerprint density at radius 2 is 1.80 bits per heavy atom. The van der Waals surface area contributed by atoms with Crippen molar-refractivity contribution in [3.05, 3.63) is 71.4 Å². The highest BCUT2D eigenvalue weighted by Crippen LogP contribution is 2.33. The van der Waals surface area contributed by atoms with Crippen LogP contribution in [-0.2, 0) is 0 Å². The van der Waals surface area contributed by atoms with Gasteiger partial charge >= 0.3 is 0 Å². The van der Waals surface area contributed by atoms with Crippen molar-refractivity contribution in [2.24, 2.45) is 0 Å². The largest absolute Gasteiger partial charge is 0.507 e. The molecule has 6 heteroatoms. The molecule has 0 bridgehead atoms. The summed E-state index contributed by atoms with van der Waals surface area (Å²) >= 11 is 0. The summed E-state index contributed by atoms with van der Waals surface area (Å²) in [5, 5.41) is 20.8. The van der Waals surface area contributed by atoms with E-state index in [0.29, 0.717) is 17.8 Å². The number of hydrogen-bond donors (Lipinski definition) is 3. The number of β-amino-alcohol motifs (C(OH)–C–C–N with tert-alkyl or cyclic N) is 1. The van der Waals surface area contributed by atoms with Crippen LogP contribution >= 0.6 is 0 Å². The summed E-state index contributed by atoms with van der Waals surface area (Å²) in [6, 6.07) is 17.2. The van der Waals surface area contributed by atoms with Crippen molar-refractivity contribution in [2.75, 3.05) is 25.4 Å². The summed E-state index contributed by atoms with van der Waals surface area (Å²) < 4.78 is 0. The first-order valence-corrected chi connectivity index (χ1v) is 10.4. The molecular formula is C24H28N4O2. The molecule has 0 radical (unpaired) electrons. The monoisotopic (exact) mass is 404 g/mol. The van der Waals surface area contributed by atoms with E-state index in [1.807, 2.05) is 55.5 Å². The van der Waals surface area contributed by atoms with Gasteiger partial charge in [-0.25, -0.2) is 9.97 Å². The molecule has 6 nitrogen and oxygen atoms in total. The lowest BCUT2D eigenvalue weighted by Gasteiger charge is -2.33. The molecule has 1 aromatic heterocycles. The fourth-order valence-corrected chi connectivity index (χ4v) is 4.12. The number of benzene rings is 2. The minimum Gasteiger partial charge on any atom is -0.507 e. The number of aromatic nitrogens is 2. The van der Waals surface area contributed by atoms with Gasteiger partial charge in [-0.15, -0.1) is 0 Å². The number of phenolic OH excluding ortho intramolecular Hbond substituents is 1. The lowest BCUT2D eigenvalue weighted by molar-refractivity contribution is 0.0969. The second-order valence-electron chi connectivity index (χ2n) is 8.06. The quantitative estimate of drug-likeness (QED) is 0.601. The number of hydrogen-bond acceptors (Lipinski definition) is 6. The summed E-state index contributed by atoms with van der Waals surface area (Å²) in [6.45, 7) is 4.39. The number of aromatic hydroxyl groups is 1. The number of likely N-dealkylation sites (tertiary alicyclic amines) is 1. The Hall–Kier alpha value is -2.96. The van der Waals surface area contributed by atoms with Gasteiger partial charge in [0.05, 0.1) is 11.8 Å². The molecule has 30 heavy (non-hydrogen) atoms. The summed E-state index contributed by atoms with van der Waals surface area (Å²) in [5.41, 5.74) is 10.2. The highest BCUT2D eigenvalue weighted by Gasteiger charge is 2.24. The molecule has 3 aromatic rings. The van der Waals surface area contributed by atoms with Crippen LogP contribution in [0.25, 0.3) is 11.3 Å². The summed E-state index contributed by atoms with van der Waals surface area (Å²) in [4.78, 5) is 11.1. The molecule has 156 valence electrons. The van der Waals surface area contributed by atoms with Crippen LogP contribution in [0, 0.1) is 6.92 Å². The normalized spacial score (nSPS) is 16.5. The molecule has 1 atom stereocenters. The molecule has 2 aromatic carbocycles. The van der Waals surface area contributed by atoms with E-state index in [9.17, 15) is 10.2 Å². The van der Waals surface area contributed by atoms with E-state index < -0.39 is 6.10 Å². The maximum absolute atomic E-state index is 10.5. The van der Waals surface area contributed by atoms with Crippen molar-refractivity contribution < 1.29 is 10.2 Å². The van der Waals surface area contributed by atoms with E-state index in [0.717, 1.165) is 42.8 Å². The van der Waals surface area contributed by atoms with Gasteiger partial charge in [0, 0.05) is 23.7 Å². The molecule has 4 N–H and O–H groups in total. The van der Waals surface area contributed by atoms with Gasteiger partial charge in [-0.3, -0.25) is 0 Å². The first-order valence-electron chi connectivity index (χ1n) is 10.4. The van der Waals surface area contributed by atoms with Crippen LogP contribution in [0.3, 0.4) is 0 Å². The van der Waals surface area contributed by atoms with Crippen LogP contribution in [0.2, 0.25) is 0 Å². The van der Waals surface area contributed by atoms with Crippen LogP contribution < -0.4 is 5.73 Å². The highest BCUT2D eigenvalue weighted by molar-refractivity contribution is 5.68. The Labute approximate surface area is 177 Å². The van der Waals surface area contributed by atoms with Gasteiger partial charge in [0.2, 0.25) is 5.95 Å². The number of rotatable bonds is 5. The van der Waals surface area contributed by atoms with Crippen LogP contribution in [0.1, 0.15) is 41.7 Å².